The van der Waals surface area contributed by atoms with Gasteiger partial charge in [-0.2, -0.15) is 0 Å². The number of hydrogen-bond acceptors (Lipinski definition) is 1. The van der Waals surface area contributed by atoms with Gasteiger partial charge in [-0.05, 0) is 0 Å². The van der Waals surface area contributed by atoms with Gasteiger partial charge in [0.15, 0.2) is 11.7 Å². The fraction of sp³-hybridized carbons (Fsp3) is 0.0769. The Hall–Kier alpha value is -0.750. The van der Waals surface area contributed by atoms with Crippen LogP contribution in [0.2, 0.25) is 0 Å². The predicted molar refractivity (Wildman–Crippen MR) is 75.3 cm³/mol. The molecule has 0 bridgehead atoms. The zero-order valence-corrected chi connectivity index (χ0v) is 11.4. The zero-order chi connectivity index (χ0) is 12.3. The molecule has 0 saturated heterocycles. The van der Waals surface area contributed by atoms with Gasteiger partial charge in [0.25, 0.3) is 0 Å². The monoisotopic (exact) mass is 284 g/mol. The minimum atomic E-state index is -2.97. The lowest BCUT2D eigenvalue weighted by molar-refractivity contribution is 0.588. The highest BCUT2D eigenvalue weighted by Crippen LogP contribution is 2.52. The molecule has 0 aliphatic heterocycles. The third-order valence-corrected chi connectivity index (χ3v) is 6.88. The summed E-state index contributed by atoms with van der Waals surface area (Å²) in [5.41, 5.74) is 0. The Morgan fingerprint density at radius 2 is 1.12 bits per heavy atom. The lowest BCUT2D eigenvalue weighted by Gasteiger charge is -2.19. The maximum absolute atomic E-state index is 13.1. The van der Waals surface area contributed by atoms with Gasteiger partial charge >= 0.3 is 0 Å². The normalized spacial score (nSPS) is 11.7. The standard InChI is InChI=1S/C13H11Cl2OP/c14-13(15)17(16,11-7-3-1-4-8-11)12-9-5-2-6-10-12/h1-10,13H. The van der Waals surface area contributed by atoms with E-state index in [4.69, 9.17) is 23.2 Å². The Bertz CT molecular complexity index is 482. The van der Waals surface area contributed by atoms with Gasteiger partial charge in [0.1, 0.15) is 0 Å². The zero-order valence-electron chi connectivity index (χ0n) is 8.96. The van der Waals surface area contributed by atoms with Crippen molar-refractivity contribution in [2.75, 3.05) is 0 Å². The van der Waals surface area contributed by atoms with Gasteiger partial charge in [0.2, 0.25) is 0 Å². The number of benzene rings is 2. The van der Waals surface area contributed by atoms with Crippen LogP contribution in [0.5, 0.6) is 0 Å². The molecule has 0 atom stereocenters. The Balaban J connectivity index is 2.60. The summed E-state index contributed by atoms with van der Waals surface area (Å²) in [6.07, 6.45) is 0. The highest BCUT2D eigenvalue weighted by molar-refractivity contribution is 7.82. The van der Waals surface area contributed by atoms with Gasteiger partial charge in [-0.25, -0.2) is 0 Å². The highest BCUT2D eigenvalue weighted by Gasteiger charge is 2.33. The van der Waals surface area contributed by atoms with Gasteiger partial charge in [0, 0.05) is 10.6 Å². The van der Waals surface area contributed by atoms with Crippen LogP contribution in [0.15, 0.2) is 60.7 Å². The van der Waals surface area contributed by atoms with E-state index in [2.05, 4.69) is 0 Å². The Kier molecular flexibility index (Phi) is 3.93. The smallest absolute Gasteiger partial charge is 0.174 e. The van der Waals surface area contributed by atoms with Crippen LogP contribution in [0, 0.1) is 0 Å². The quantitative estimate of drug-likeness (QED) is 0.620. The van der Waals surface area contributed by atoms with E-state index >= 15 is 0 Å². The van der Waals surface area contributed by atoms with Crippen LogP contribution in [0.25, 0.3) is 0 Å². The van der Waals surface area contributed by atoms with Gasteiger partial charge < -0.3 is 4.57 Å². The van der Waals surface area contributed by atoms with E-state index < -0.39 is 11.7 Å². The van der Waals surface area contributed by atoms with Gasteiger partial charge in [-0.1, -0.05) is 83.9 Å². The predicted octanol–water partition coefficient (Wildman–Crippen LogP) is 3.76. The SMILES string of the molecule is O=P(c1ccccc1)(c1ccccc1)C(Cl)Cl. The van der Waals surface area contributed by atoms with E-state index in [1.54, 1.807) is 24.3 Å². The van der Waals surface area contributed by atoms with E-state index in [0.29, 0.717) is 10.6 Å². The molecule has 17 heavy (non-hydrogen) atoms. The van der Waals surface area contributed by atoms with Gasteiger partial charge in [-0.3, -0.25) is 0 Å². The summed E-state index contributed by atoms with van der Waals surface area (Å²) in [4.78, 5) is 0. The van der Waals surface area contributed by atoms with Crippen LogP contribution < -0.4 is 10.6 Å². The third kappa shape index (κ3) is 2.42. The minimum Gasteiger partial charge on any atom is -0.311 e. The van der Waals surface area contributed by atoms with E-state index in [-0.39, 0.29) is 0 Å². The number of hydrogen-bond donors (Lipinski definition) is 0. The fourth-order valence-electron chi connectivity index (χ4n) is 1.67. The summed E-state index contributed by atoms with van der Waals surface area (Å²) in [6, 6.07) is 18.3. The molecule has 0 aliphatic carbocycles. The molecule has 0 fully saturated rings. The van der Waals surface area contributed by atoms with Crippen molar-refractivity contribution in [2.24, 2.45) is 0 Å². The Labute approximate surface area is 111 Å². The van der Waals surface area contributed by atoms with Crippen molar-refractivity contribution >= 4 is 41.0 Å². The number of halogens is 2. The molecule has 2 rings (SSSR count). The molecule has 0 heterocycles. The van der Waals surface area contributed by atoms with Crippen molar-refractivity contribution in [1.29, 1.82) is 0 Å². The second-order valence-electron chi connectivity index (χ2n) is 3.61. The summed E-state index contributed by atoms with van der Waals surface area (Å²) in [5.74, 6) is 0. The first-order valence-electron chi connectivity index (χ1n) is 5.15. The summed E-state index contributed by atoms with van der Waals surface area (Å²) in [7, 11) is -2.97. The molecule has 0 aliphatic rings. The van der Waals surface area contributed by atoms with Crippen LogP contribution in [0.3, 0.4) is 0 Å². The van der Waals surface area contributed by atoms with Crippen molar-refractivity contribution in [1.82, 2.24) is 0 Å². The second kappa shape index (κ2) is 5.27. The molecule has 0 saturated carbocycles. The molecular weight excluding hydrogens is 274 g/mol. The van der Waals surface area contributed by atoms with Crippen molar-refractivity contribution in [3.8, 4) is 0 Å². The number of alkyl halides is 2. The first-order valence-corrected chi connectivity index (χ1v) is 7.79. The van der Waals surface area contributed by atoms with Crippen LogP contribution in [0.1, 0.15) is 0 Å². The van der Waals surface area contributed by atoms with Gasteiger partial charge in [-0.15, -0.1) is 0 Å². The summed E-state index contributed by atoms with van der Waals surface area (Å²) < 4.78 is 12.1. The Morgan fingerprint density at radius 1 is 0.765 bits per heavy atom. The van der Waals surface area contributed by atoms with Crippen LogP contribution in [-0.4, -0.2) is 4.58 Å². The molecular formula is C13H11Cl2OP. The maximum Gasteiger partial charge on any atom is 0.174 e. The second-order valence-corrected chi connectivity index (χ2v) is 8.18. The minimum absolute atomic E-state index is 0.682. The number of rotatable bonds is 3. The summed E-state index contributed by atoms with van der Waals surface area (Å²) in [6.45, 7) is 0. The van der Waals surface area contributed by atoms with Crippen molar-refractivity contribution in [2.45, 2.75) is 4.58 Å². The third-order valence-electron chi connectivity index (χ3n) is 2.55. The lowest BCUT2D eigenvalue weighted by atomic mass is 10.4. The van der Waals surface area contributed by atoms with E-state index in [1.807, 2.05) is 36.4 Å². The molecule has 2 aromatic rings. The first-order chi connectivity index (χ1) is 8.15. The van der Waals surface area contributed by atoms with Gasteiger partial charge in [0.05, 0.1) is 0 Å². The van der Waals surface area contributed by atoms with Crippen molar-refractivity contribution in [3.63, 3.8) is 0 Å². The molecule has 0 radical (unpaired) electrons. The molecule has 0 aromatic heterocycles. The molecule has 4 heteroatoms. The van der Waals surface area contributed by atoms with Crippen LogP contribution in [-0.2, 0) is 4.57 Å². The highest BCUT2D eigenvalue weighted by atomic mass is 35.5. The van der Waals surface area contributed by atoms with E-state index in [1.165, 1.54) is 0 Å². The summed E-state index contributed by atoms with van der Waals surface area (Å²) >= 11 is 11.9. The summed E-state index contributed by atoms with van der Waals surface area (Å²) in [5, 5.41) is 1.36. The largest absolute Gasteiger partial charge is 0.311 e. The first kappa shape index (κ1) is 12.7. The fourth-order valence-corrected chi connectivity index (χ4v) is 5.00. The average molecular weight is 285 g/mol. The van der Waals surface area contributed by atoms with E-state index in [0.717, 1.165) is 0 Å². The van der Waals surface area contributed by atoms with E-state index in [9.17, 15) is 4.57 Å². The molecule has 2 aromatic carbocycles. The van der Waals surface area contributed by atoms with Crippen molar-refractivity contribution in [3.05, 3.63) is 60.7 Å². The topological polar surface area (TPSA) is 17.1 Å². The lowest BCUT2D eigenvalue weighted by Crippen LogP contribution is -2.19. The maximum atomic E-state index is 13.1. The molecule has 0 amide bonds. The van der Waals surface area contributed by atoms with Crippen molar-refractivity contribution < 1.29 is 4.57 Å². The Morgan fingerprint density at radius 3 is 1.41 bits per heavy atom. The molecule has 0 N–H and O–H groups in total. The molecule has 0 spiro atoms. The van der Waals surface area contributed by atoms with Crippen LogP contribution in [0.4, 0.5) is 0 Å². The molecule has 88 valence electrons. The van der Waals surface area contributed by atoms with Crippen LogP contribution >= 0.6 is 30.3 Å². The molecule has 1 nitrogen and oxygen atoms in total. The average Bonchev–Trinajstić information content (AvgIpc) is 2.39. The molecule has 0 unspecified atom stereocenters.